The van der Waals surface area contributed by atoms with Crippen molar-refractivity contribution in [3.8, 4) is 0 Å². The van der Waals surface area contributed by atoms with E-state index in [1.807, 2.05) is 26.8 Å². The molecule has 0 spiro atoms. The van der Waals surface area contributed by atoms with Crippen LogP contribution >= 0.6 is 0 Å². The van der Waals surface area contributed by atoms with Gasteiger partial charge in [0, 0.05) is 13.1 Å². The van der Waals surface area contributed by atoms with Gasteiger partial charge in [0.2, 0.25) is 17.7 Å². The number of benzene rings is 1. The lowest BCUT2D eigenvalue weighted by molar-refractivity contribution is -0.144. The van der Waals surface area contributed by atoms with Crippen LogP contribution in [-0.2, 0) is 28.7 Å². The Kier molecular flexibility index (Phi) is 13.4. The van der Waals surface area contributed by atoms with Gasteiger partial charge in [0.15, 0.2) is 0 Å². The summed E-state index contributed by atoms with van der Waals surface area (Å²) in [5, 5.41) is 5.20. The Balaban J connectivity index is 3.49. The molecule has 1 rings (SSSR count). The molecule has 0 saturated carbocycles. The number of carbonyl (C=O) groups is 5. The molecule has 11 nitrogen and oxygen atoms in total. The lowest BCUT2D eigenvalue weighted by Crippen LogP contribution is -2.54. The Labute approximate surface area is 231 Å². The summed E-state index contributed by atoms with van der Waals surface area (Å²) in [6.07, 6.45) is -0.135. The van der Waals surface area contributed by atoms with Crippen LogP contribution in [0.15, 0.2) is 18.2 Å². The first-order valence-corrected chi connectivity index (χ1v) is 13.3. The van der Waals surface area contributed by atoms with Crippen molar-refractivity contribution in [2.24, 2.45) is 5.73 Å². The third-order valence-corrected chi connectivity index (χ3v) is 5.86. The largest absolute Gasteiger partial charge is 0.466 e. The lowest BCUT2D eigenvalue weighted by Gasteiger charge is -2.35. The van der Waals surface area contributed by atoms with Gasteiger partial charge in [-0.15, -0.1) is 0 Å². The number of ether oxygens (including phenoxy) is 2. The molecule has 0 bridgehead atoms. The molecule has 4 amide bonds. The summed E-state index contributed by atoms with van der Waals surface area (Å²) in [5.74, 6) is -2.42. The normalized spacial score (nSPS) is 12.6. The maximum absolute atomic E-state index is 14.0. The maximum atomic E-state index is 14.0. The van der Waals surface area contributed by atoms with Crippen molar-refractivity contribution < 1.29 is 33.4 Å². The Morgan fingerprint density at radius 3 is 2.31 bits per heavy atom. The van der Waals surface area contributed by atoms with Crippen molar-refractivity contribution in [2.45, 2.75) is 91.8 Å². The van der Waals surface area contributed by atoms with E-state index in [-0.39, 0.29) is 26.1 Å². The summed E-state index contributed by atoms with van der Waals surface area (Å²) >= 11 is 0. The van der Waals surface area contributed by atoms with E-state index in [1.165, 1.54) is 4.90 Å². The molecule has 0 saturated heterocycles. The van der Waals surface area contributed by atoms with Gasteiger partial charge in [0.05, 0.1) is 19.4 Å². The molecule has 0 heterocycles. The van der Waals surface area contributed by atoms with Crippen LogP contribution in [0, 0.1) is 13.8 Å². The molecule has 1 aromatic carbocycles. The fraction of sp³-hybridized carbons (Fsp3) is 0.607. The molecule has 1 aromatic rings. The topological polar surface area (TPSA) is 157 Å². The first-order chi connectivity index (χ1) is 18.2. The minimum atomic E-state index is -1.35. The van der Waals surface area contributed by atoms with Crippen LogP contribution in [0.25, 0.3) is 0 Å². The molecule has 218 valence electrons. The number of carbonyl (C=O) groups excluding carboxylic acids is 5. The van der Waals surface area contributed by atoms with Crippen LogP contribution in [-0.4, -0.2) is 66.0 Å². The summed E-state index contributed by atoms with van der Waals surface area (Å²) in [7, 11) is 0. The van der Waals surface area contributed by atoms with E-state index in [9.17, 15) is 24.0 Å². The second kappa shape index (κ2) is 15.7. The van der Waals surface area contributed by atoms with Gasteiger partial charge in [0.1, 0.15) is 17.7 Å². The van der Waals surface area contributed by atoms with Crippen molar-refractivity contribution in [2.75, 3.05) is 19.7 Å². The number of alkyl carbamates (subject to hydrolysis) is 1. The SMILES string of the molecule is CCCCN(C(=O)C(CC(N)=O)NC(=O)OC(C)(C)C)C(C(=O)NCCC(=O)OCC)c1cccc(C)c1C. The number of amides is 4. The van der Waals surface area contributed by atoms with Crippen LogP contribution in [0.5, 0.6) is 0 Å². The fourth-order valence-electron chi connectivity index (χ4n) is 3.88. The number of hydrogen-bond donors (Lipinski definition) is 3. The standard InChI is InChI=1S/C28H44N4O7/c1-8-10-16-32(26(36)21(17-22(29)33)31-27(37)39-28(5,6)7)24(20-13-11-12-18(3)19(20)4)25(35)30-15-14-23(34)38-9-2/h11-13,21,24H,8-10,14-17H2,1-7H3,(H2,29,33)(H,30,35)(H,31,37). The summed E-state index contributed by atoms with van der Waals surface area (Å²) in [6.45, 7) is 12.8. The highest BCUT2D eigenvalue weighted by molar-refractivity contribution is 5.94. The van der Waals surface area contributed by atoms with Gasteiger partial charge in [-0.1, -0.05) is 31.5 Å². The average Bonchev–Trinajstić information content (AvgIpc) is 2.81. The smallest absolute Gasteiger partial charge is 0.408 e. The highest BCUT2D eigenvalue weighted by Gasteiger charge is 2.37. The third kappa shape index (κ3) is 11.3. The summed E-state index contributed by atoms with van der Waals surface area (Å²) in [5.41, 5.74) is 6.89. The average molecular weight is 549 g/mol. The molecule has 0 aliphatic rings. The molecule has 39 heavy (non-hydrogen) atoms. The number of nitrogens with zero attached hydrogens (tertiary/aromatic N) is 1. The first-order valence-electron chi connectivity index (χ1n) is 13.3. The molecule has 0 aliphatic carbocycles. The van der Waals surface area contributed by atoms with E-state index in [4.69, 9.17) is 15.2 Å². The van der Waals surface area contributed by atoms with E-state index in [0.717, 1.165) is 11.1 Å². The van der Waals surface area contributed by atoms with Gasteiger partial charge < -0.3 is 30.7 Å². The second-order valence-corrected chi connectivity index (χ2v) is 10.3. The van der Waals surface area contributed by atoms with Gasteiger partial charge in [-0.05, 0) is 64.7 Å². The highest BCUT2D eigenvalue weighted by Crippen LogP contribution is 2.28. The van der Waals surface area contributed by atoms with Crippen molar-refractivity contribution in [3.05, 3.63) is 34.9 Å². The van der Waals surface area contributed by atoms with Gasteiger partial charge in [-0.2, -0.15) is 0 Å². The van der Waals surface area contributed by atoms with Crippen molar-refractivity contribution in [3.63, 3.8) is 0 Å². The van der Waals surface area contributed by atoms with Crippen molar-refractivity contribution in [1.82, 2.24) is 15.5 Å². The van der Waals surface area contributed by atoms with E-state index < -0.39 is 53.9 Å². The van der Waals surface area contributed by atoms with Gasteiger partial charge in [0.25, 0.3) is 0 Å². The number of nitrogens with one attached hydrogen (secondary N) is 2. The lowest BCUT2D eigenvalue weighted by atomic mass is 9.94. The second-order valence-electron chi connectivity index (χ2n) is 10.3. The molecular formula is C28H44N4O7. The van der Waals surface area contributed by atoms with Crippen molar-refractivity contribution in [1.29, 1.82) is 0 Å². The molecule has 0 aromatic heterocycles. The number of primary amides is 1. The van der Waals surface area contributed by atoms with Crippen molar-refractivity contribution >= 4 is 29.8 Å². The molecule has 0 radical (unpaired) electrons. The minimum absolute atomic E-state index is 0.00963. The zero-order chi connectivity index (χ0) is 29.8. The molecular weight excluding hydrogens is 504 g/mol. The van der Waals surface area contributed by atoms with Crippen LogP contribution < -0.4 is 16.4 Å². The zero-order valence-corrected chi connectivity index (χ0v) is 24.2. The van der Waals surface area contributed by atoms with E-state index in [2.05, 4.69) is 10.6 Å². The predicted molar refractivity (Wildman–Crippen MR) is 147 cm³/mol. The Morgan fingerprint density at radius 2 is 1.74 bits per heavy atom. The monoisotopic (exact) mass is 548 g/mol. The van der Waals surface area contributed by atoms with Crippen LogP contribution in [0.2, 0.25) is 0 Å². The number of rotatable bonds is 14. The Bertz CT molecular complexity index is 1020. The quantitative estimate of drug-likeness (QED) is 0.302. The fourth-order valence-corrected chi connectivity index (χ4v) is 3.88. The molecule has 0 fully saturated rings. The number of nitrogens with two attached hydrogens (primary N) is 1. The molecule has 11 heteroatoms. The van der Waals surface area contributed by atoms with Crippen LogP contribution in [0.1, 0.15) is 83.0 Å². The predicted octanol–water partition coefficient (Wildman–Crippen LogP) is 2.81. The van der Waals surface area contributed by atoms with E-state index in [0.29, 0.717) is 18.4 Å². The summed E-state index contributed by atoms with van der Waals surface area (Å²) < 4.78 is 10.2. The van der Waals surface area contributed by atoms with E-state index in [1.54, 1.807) is 39.8 Å². The van der Waals surface area contributed by atoms with Crippen LogP contribution in [0.4, 0.5) is 4.79 Å². The number of aryl methyl sites for hydroxylation is 1. The number of esters is 1. The first kappa shape index (κ1) is 33.4. The number of hydrogen-bond acceptors (Lipinski definition) is 7. The minimum Gasteiger partial charge on any atom is -0.466 e. The number of unbranched alkanes of at least 4 members (excludes halogenated alkanes) is 1. The molecule has 4 N–H and O–H groups in total. The zero-order valence-electron chi connectivity index (χ0n) is 24.2. The molecule has 2 unspecified atom stereocenters. The van der Waals surface area contributed by atoms with E-state index >= 15 is 0 Å². The highest BCUT2D eigenvalue weighted by atomic mass is 16.6. The Morgan fingerprint density at radius 1 is 1.08 bits per heavy atom. The summed E-state index contributed by atoms with van der Waals surface area (Å²) in [4.78, 5) is 65.2. The third-order valence-electron chi connectivity index (χ3n) is 5.86. The Hall–Kier alpha value is -3.63. The molecule has 2 atom stereocenters. The summed E-state index contributed by atoms with van der Waals surface area (Å²) in [6, 6.07) is 3.00. The van der Waals surface area contributed by atoms with Gasteiger partial charge >= 0.3 is 12.1 Å². The van der Waals surface area contributed by atoms with Gasteiger partial charge in [-0.3, -0.25) is 19.2 Å². The van der Waals surface area contributed by atoms with Crippen LogP contribution in [0.3, 0.4) is 0 Å². The van der Waals surface area contributed by atoms with Gasteiger partial charge in [-0.25, -0.2) is 4.79 Å². The maximum Gasteiger partial charge on any atom is 0.408 e. The molecule has 0 aliphatic heterocycles.